The Morgan fingerprint density at radius 1 is 1.42 bits per heavy atom. The highest BCUT2D eigenvalue weighted by Gasteiger charge is 2.24. The highest BCUT2D eigenvalue weighted by atomic mass is 79.9. The first-order chi connectivity index (χ1) is 9.06. The van der Waals surface area contributed by atoms with Crippen molar-refractivity contribution in [3.05, 3.63) is 40.3 Å². The van der Waals surface area contributed by atoms with Crippen molar-refractivity contribution in [2.75, 3.05) is 7.11 Å². The lowest BCUT2D eigenvalue weighted by Crippen LogP contribution is -2.07. The minimum Gasteiger partial charge on any atom is -0.464 e. The van der Waals surface area contributed by atoms with Crippen molar-refractivity contribution in [3.8, 4) is 5.82 Å². The number of carbonyl (C=O) groups excluding carboxylic acids is 1. The fourth-order valence-electron chi connectivity index (χ4n) is 1.79. The van der Waals surface area contributed by atoms with Crippen molar-refractivity contribution in [2.45, 2.75) is 19.8 Å². The maximum Gasteiger partial charge on any atom is 0.359 e. The highest BCUT2D eigenvalue weighted by molar-refractivity contribution is 9.10. The van der Waals surface area contributed by atoms with Gasteiger partial charge in [0.05, 0.1) is 17.3 Å². The van der Waals surface area contributed by atoms with Crippen molar-refractivity contribution < 1.29 is 9.53 Å². The molecule has 2 rings (SSSR count). The zero-order valence-corrected chi connectivity index (χ0v) is 12.5. The van der Waals surface area contributed by atoms with Gasteiger partial charge in [-0.05, 0) is 34.0 Å². The SMILES string of the molecule is COC(=O)c1nn(-c2ccccn2)c(C(C)C)c1Br. The normalized spacial score (nSPS) is 10.8. The Morgan fingerprint density at radius 2 is 2.16 bits per heavy atom. The van der Waals surface area contributed by atoms with E-state index < -0.39 is 5.97 Å². The van der Waals surface area contributed by atoms with Gasteiger partial charge < -0.3 is 4.74 Å². The number of nitrogens with zero attached hydrogens (tertiary/aromatic N) is 3. The zero-order chi connectivity index (χ0) is 14.0. The summed E-state index contributed by atoms with van der Waals surface area (Å²) in [6.07, 6.45) is 1.69. The average Bonchev–Trinajstić information content (AvgIpc) is 2.76. The van der Waals surface area contributed by atoms with Gasteiger partial charge in [0, 0.05) is 6.20 Å². The lowest BCUT2D eigenvalue weighted by Gasteiger charge is -2.09. The molecule has 0 aromatic carbocycles. The second-order valence-electron chi connectivity index (χ2n) is 4.29. The van der Waals surface area contributed by atoms with Crippen LogP contribution in [0.3, 0.4) is 0 Å². The lowest BCUT2D eigenvalue weighted by molar-refractivity contribution is 0.0592. The van der Waals surface area contributed by atoms with E-state index in [9.17, 15) is 4.79 Å². The number of aromatic nitrogens is 3. The van der Waals surface area contributed by atoms with Crippen molar-refractivity contribution in [1.82, 2.24) is 14.8 Å². The molecule has 19 heavy (non-hydrogen) atoms. The van der Waals surface area contributed by atoms with Crippen LogP contribution in [0.2, 0.25) is 0 Å². The summed E-state index contributed by atoms with van der Waals surface area (Å²) in [7, 11) is 1.34. The first-order valence-corrected chi connectivity index (χ1v) is 6.63. The van der Waals surface area contributed by atoms with E-state index >= 15 is 0 Å². The van der Waals surface area contributed by atoms with Crippen molar-refractivity contribution >= 4 is 21.9 Å². The zero-order valence-electron chi connectivity index (χ0n) is 10.9. The molecule has 5 nitrogen and oxygen atoms in total. The van der Waals surface area contributed by atoms with E-state index in [1.54, 1.807) is 10.9 Å². The monoisotopic (exact) mass is 323 g/mol. The number of hydrogen-bond acceptors (Lipinski definition) is 4. The fraction of sp³-hybridized carbons (Fsp3) is 0.308. The molecule has 0 aliphatic rings. The largest absolute Gasteiger partial charge is 0.464 e. The van der Waals surface area contributed by atoms with E-state index in [-0.39, 0.29) is 11.6 Å². The summed E-state index contributed by atoms with van der Waals surface area (Å²) in [5.74, 6) is 0.382. The Kier molecular flexibility index (Phi) is 3.99. The van der Waals surface area contributed by atoms with Crippen LogP contribution in [0.15, 0.2) is 28.9 Å². The fourth-order valence-corrected chi connectivity index (χ4v) is 2.66. The standard InChI is InChI=1S/C13H14BrN3O2/c1-8(2)12-10(14)11(13(18)19-3)16-17(12)9-6-4-5-7-15-9/h4-8H,1-3H3. The van der Waals surface area contributed by atoms with E-state index in [1.807, 2.05) is 32.0 Å². The van der Waals surface area contributed by atoms with Gasteiger partial charge in [-0.25, -0.2) is 14.5 Å². The number of rotatable bonds is 3. The minimum absolute atomic E-state index is 0.183. The third-order valence-corrected chi connectivity index (χ3v) is 3.43. The molecule has 2 heterocycles. The molecule has 2 aromatic rings. The lowest BCUT2D eigenvalue weighted by atomic mass is 10.1. The maximum atomic E-state index is 11.7. The number of ether oxygens (including phenoxy) is 1. The van der Waals surface area contributed by atoms with Gasteiger partial charge in [-0.3, -0.25) is 0 Å². The van der Waals surface area contributed by atoms with Crippen LogP contribution in [0.4, 0.5) is 0 Å². The molecule has 0 amide bonds. The quantitative estimate of drug-likeness (QED) is 0.815. The predicted octanol–water partition coefficient (Wildman–Crippen LogP) is 2.94. The first kappa shape index (κ1) is 13.7. The van der Waals surface area contributed by atoms with E-state index in [0.29, 0.717) is 10.3 Å². The topological polar surface area (TPSA) is 57.0 Å². The molecule has 0 saturated carbocycles. The Balaban J connectivity index is 2.64. The van der Waals surface area contributed by atoms with Gasteiger partial charge >= 0.3 is 5.97 Å². The van der Waals surface area contributed by atoms with Gasteiger partial charge in [0.25, 0.3) is 0 Å². The number of methoxy groups -OCH3 is 1. The van der Waals surface area contributed by atoms with Crippen LogP contribution >= 0.6 is 15.9 Å². The van der Waals surface area contributed by atoms with Crippen LogP contribution in [-0.2, 0) is 4.74 Å². The summed E-state index contributed by atoms with van der Waals surface area (Å²) in [5, 5.41) is 4.30. The number of pyridine rings is 1. The average molecular weight is 324 g/mol. The molecule has 0 fully saturated rings. The molecular weight excluding hydrogens is 310 g/mol. The van der Waals surface area contributed by atoms with Gasteiger partial charge in [-0.1, -0.05) is 19.9 Å². The van der Waals surface area contributed by atoms with Gasteiger partial charge in [0.1, 0.15) is 0 Å². The molecule has 0 aliphatic heterocycles. The van der Waals surface area contributed by atoms with Crippen molar-refractivity contribution in [1.29, 1.82) is 0 Å². The second kappa shape index (κ2) is 5.52. The summed E-state index contributed by atoms with van der Waals surface area (Å²) in [4.78, 5) is 16.0. The molecule has 0 bridgehead atoms. The summed E-state index contributed by atoms with van der Waals surface area (Å²) in [6, 6.07) is 5.55. The van der Waals surface area contributed by atoms with Gasteiger partial charge in [0.15, 0.2) is 11.5 Å². The Morgan fingerprint density at radius 3 is 2.68 bits per heavy atom. The molecule has 0 radical (unpaired) electrons. The number of hydrogen-bond donors (Lipinski definition) is 0. The van der Waals surface area contributed by atoms with Crippen LogP contribution < -0.4 is 0 Å². The van der Waals surface area contributed by atoms with Crippen molar-refractivity contribution in [3.63, 3.8) is 0 Å². The number of halogens is 1. The van der Waals surface area contributed by atoms with E-state index in [1.165, 1.54) is 7.11 Å². The van der Waals surface area contributed by atoms with Gasteiger partial charge in [0.2, 0.25) is 0 Å². The van der Waals surface area contributed by atoms with Crippen molar-refractivity contribution in [2.24, 2.45) is 0 Å². The van der Waals surface area contributed by atoms with Crippen LogP contribution in [0, 0.1) is 0 Å². The minimum atomic E-state index is -0.469. The van der Waals surface area contributed by atoms with E-state index in [0.717, 1.165) is 5.69 Å². The van der Waals surface area contributed by atoms with Gasteiger partial charge in [-0.15, -0.1) is 0 Å². The van der Waals surface area contributed by atoms with Crippen LogP contribution in [0.5, 0.6) is 0 Å². The molecular formula is C13H14BrN3O2. The summed E-state index contributed by atoms with van der Waals surface area (Å²) >= 11 is 3.43. The Labute approximate surface area is 119 Å². The molecule has 0 atom stereocenters. The molecule has 0 aliphatic carbocycles. The molecule has 0 spiro atoms. The van der Waals surface area contributed by atoms with Crippen LogP contribution in [-0.4, -0.2) is 27.8 Å². The number of esters is 1. The smallest absolute Gasteiger partial charge is 0.359 e. The highest BCUT2D eigenvalue weighted by Crippen LogP contribution is 2.30. The van der Waals surface area contributed by atoms with E-state index in [2.05, 4.69) is 26.0 Å². The first-order valence-electron chi connectivity index (χ1n) is 5.84. The number of carbonyl (C=O) groups is 1. The summed E-state index contributed by atoms with van der Waals surface area (Å²) in [6.45, 7) is 4.06. The molecule has 0 saturated heterocycles. The third-order valence-electron chi connectivity index (χ3n) is 2.65. The second-order valence-corrected chi connectivity index (χ2v) is 5.09. The molecule has 0 unspecified atom stereocenters. The molecule has 100 valence electrons. The Hall–Kier alpha value is -1.69. The van der Waals surface area contributed by atoms with Crippen LogP contribution in [0.1, 0.15) is 35.9 Å². The maximum absolute atomic E-state index is 11.7. The molecule has 0 N–H and O–H groups in total. The van der Waals surface area contributed by atoms with E-state index in [4.69, 9.17) is 4.74 Å². The third kappa shape index (κ3) is 2.53. The molecule has 6 heteroatoms. The van der Waals surface area contributed by atoms with Crippen LogP contribution in [0.25, 0.3) is 5.82 Å². The summed E-state index contributed by atoms with van der Waals surface area (Å²) in [5.41, 5.74) is 1.15. The van der Waals surface area contributed by atoms with Gasteiger partial charge in [-0.2, -0.15) is 5.10 Å². The Bertz CT molecular complexity index is 593. The summed E-state index contributed by atoms with van der Waals surface area (Å²) < 4.78 is 7.06. The predicted molar refractivity (Wildman–Crippen MR) is 74.5 cm³/mol. The molecule has 2 aromatic heterocycles.